The third-order valence-corrected chi connectivity index (χ3v) is 2.58. The lowest BCUT2D eigenvalue weighted by molar-refractivity contribution is -0.117. The van der Waals surface area contributed by atoms with E-state index in [4.69, 9.17) is 0 Å². The number of carbonyl (C=O) groups excluding carboxylic acids is 3. The maximum Gasteiger partial charge on any atom is 0.228 e. The Balaban J connectivity index is 2.14. The van der Waals surface area contributed by atoms with Crippen LogP contribution in [0.2, 0.25) is 0 Å². The van der Waals surface area contributed by atoms with Gasteiger partial charge in [0.05, 0.1) is 25.2 Å². The second-order valence-electron chi connectivity index (χ2n) is 4.57. The normalized spacial score (nSPS) is 10.5. The molecule has 0 aliphatic carbocycles. The van der Waals surface area contributed by atoms with Gasteiger partial charge in [0, 0.05) is 0 Å². The summed E-state index contributed by atoms with van der Waals surface area (Å²) in [6.45, 7) is 2.90. The second kappa shape index (κ2) is 5.60. The highest BCUT2D eigenvalue weighted by atomic mass is 16.1. The summed E-state index contributed by atoms with van der Waals surface area (Å²) in [4.78, 5) is 47.6. The third kappa shape index (κ3) is 3.25. The lowest BCUT2D eigenvalue weighted by atomic mass is 10.2. The maximum atomic E-state index is 12.1. The first kappa shape index (κ1) is 13.9. The van der Waals surface area contributed by atoms with Gasteiger partial charge < -0.3 is 9.97 Å². The minimum Gasteiger partial charge on any atom is -0.339 e. The first-order chi connectivity index (χ1) is 9.45. The molecule has 7 heteroatoms. The molecule has 0 aliphatic rings. The molecule has 2 aromatic rings. The van der Waals surface area contributed by atoms with E-state index in [1.165, 1.54) is 26.2 Å². The van der Waals surface area contributed by atoms with Crippen LogP contribution in [0.3, 0.4) is 0 Å². The predicted octanol–water partition coefficient (Wildman–Crippen LogP) is 0.627. The van der Waals surface area contributed by atoms with Gasteiger partial charge >= 0.3 is 0 Å². The van der Waals surface area contributed by atoms with Crippen molar-refractivity contribution in [3.05, 3.63) is 35.4 Å². The number of nitrogens with zero attached hydrogens (tertiary/aromatic N) is 2. The fraction of sp³-hybridized carbons (Fsp3) is 0.308. The van der Waals surface area contributed by atoms with Crippen LogP contribution in [0, 0.1) is 0 Å². The molecule has 0 aromatic carbocycles. The van der Waals surface area contributed by atoms with Crippen molar-refractivity contribution in [2.24, 2.45) is 0 Å². The summed E-state index contributed by atoms with van der Waals surface area (Å²) in [6.07, 6.45) is 3.08. The molecule has 0 amide bonds. The van der Waals surface area contributed by atoms with Gasteiger partial charge in [0.1, 0.15) is 34.6 Å². The number of nitrogens with one attached hydrogen (secondary N) is 2. The van der Waals surface area contributed by atoms with Crippen LogP contribution in [0.4, 0.5) is 0 Å². The Hall–Kier alpha value is -2.57. The lowest BCUT2D eigenvalue weighted by Crippen LogP contribution is -2.04. The van der Waals surface area contributed by atoms with Gasteiger partial charge in [0.2, 0.25) is 5.78 Å². The van der Waals surface area contributed by atoms with E-state index in [-0.39, 0.29) is 41.6 Å². The van der Waals surface area contributed by atoms with Gasteiger partial charge in [0.15, 0.2) is 0 Å². The number of hydrogen-bond acceptors (Lipinski definition) is 5. The Morgan fingerprint density at radius 2 is 1.30 bits per heavy atom. The van der Waals surface area contributed by atoms with E-state index in [1.54, 1.807) is 0 Å². The molecular weight excluding hydrogens is 260 g/mol. The molecule has 7 nitrogen and oxygen atoms in total. The number of carbonyl (C=O) groups is 3. The molecular formula is C13H14N4O3. The second-order valence-corrected chi connectivity index (χ2v) is 4.57. The summed E-state index contributed by atoms with van der Waals surface area (Å²) >= 11 is 0. The number of ketones is 3. The number of aromatic nitrogens is 4. The van der Waals surface area contributed by atoms with Gasteiger partial charge in [-0.1, -0.05) is 0 Å². The summed E-state index contributed by atoms with van der Waals surface area (Å²) in [5.74, 6) is 0.510. The highest BCUT2D eigenvalue weighted by Crippen LogP contribution is 2.07. The molecule has 0 atom stereocenters. The van der Waals surface area contributed by atoms with Gasteiger partial charge in [-0.05, 0) is 13.8 Å². The van der Waals surface area contributed by atoms with Gasteiger partial charge in [-0.3, -0.25) is 14.4 Å². The maximum absolute atomic E-state index is 12.1. The summed E-state index contributed by atoms with van der Waals surface area (Å²) in [7, 11) is 0. The van der Waals surface area contributed by atoms with Crippen molar-refractivity contribution < 1.29 is 14.4 Å². The van der Waals surface area contributed by atoms with Crippen LogP contribution in [0.1, 0.15) is 41.7 Å². The van der Waals surface area contributed by atoms with Gasteiger partial charge in [-0.25, -0.2) is 9.97 Å². The number of rotatable bonds is 6. The zero-order valence-corrected chi connectivity index (χ0v) is 11.2. The van der Waals surface area contributed by atoms with E-state index < -0.39 is 0 Å². The fourth-order valence-electron chi connectivity index (χ4n) is 1.75. The van der Waals surface area contributed by atoms with Crippen LogP contribution in [0.5, 0.6) is 0 Å². The Morgan fingerprint density at radius 3 is 1.65 bits per heavy atom. The fourth-order valence-corrected chi connectivity index (χ4v) is 1.75. The Morgan fingerprint density at radius 1 is 0.900 bits per heavy atom. The van der Waals surface area contributed by atoms with Crippen molar-refractivity contribution in [1.82, 2.24) is 19.9 Å². The average molecular weight is 274 g/mol. The van der Waals surface area contributed by atoms with Gasteiger partial charge in [0.25, 0.3) is 0 Å². The smallest absolute Gasteiger partial charge is 0.228 e. The first-order valence-electron chi connectivity index (χ1n) is 6.07. The van der Waals surface area contributed by atoms with Crippen molar-refractivity contribution in [3.63, 3.8) is 0 Å². The Labute approximate surface area is 114 Å². The Kier molecular flexibility index (Phi) is 3.88. The van der Waals surface area contributed by atoms with E-state index in [1.807, 2.05) is 0 Å². The van der Waals surface area contributed by atoms with Crippen molar-refractivity contribution >= 4 is 17.3 Å². The molecule has 2 N–H and O–H groups in total. The van der Waals surface area contributed by atoms with Crippen LogP contribution >= 0.6 is 0 Å². The number of imidazole rings is 2. The van der Waals surface area contributed by atoms with Crippen LogP contribution in [-0.4, -0.2) is 37.3 Å². The van der Waals surface area contributed by atoms with E-state index in [0.717, 1.165) is 0 Å². The van der Waals surface area contributed by atoms with Crippen molar-refractivity contribution in [1.29, 1.82) is 0 Å². The summed E-state index contributed by atoms with van der Waals surface area (Å²) in [5.41, 5.74) is 0.554. The summed E-state index contributed by atoms with van der Waals surface area (Å²) in [6, 6.07) is 0. The number of Topliss-reactive ketones (excluding diaryl/α,β-unsaturated/α-hetero) is 2. The van der Waals surface area contributed by atoms with E-state index in [0.29, 0.717) is 11.6 Å². The molecule has 2 rings (SSSR count). The molecule has 0 radical (unpaired) electrons. The van der Waals surface area contributed by atoms with Crippen molar-refractivity contribution in [2.45, 2.75) is 26.7 Å². The van der Waals surface area contributed by atoms with E-state index in [9.17, 15) is 14.4 Å². The highest BCUT2D eigenvalue weighted by molar-refractivity contribution is 6.06. The minimum atomic E-state index is -0.311. The third-order valence-electron chi connectivity index (χ3n) is 2.58. The van der Waals surface area contributed by atoms with Crippen LogP contribution < -0.4 is 0 Å². The molecule has 104 valence electrons. The van der Waals surface area contributed by atoms with Crippen LogP contribution in [0.15, 0.2) is 12.4 Å². The number of H-pyrrole nitrogens is 2. The van der Waals surface area contributed by atoms with Crippen molar-refractivity contribution in [2.75, 3.05) is 0 Å². The number of hydrogen-bond donors (Lipinski definition) is 2. The molecule has 0 aliphatic heterocycles. The summed E-state index contributed by atoms with van der Waals surface area (Å²) < 4.78 is 0. The molecule has 2 aromatic heterocycles. The molecule has 0 saturated carbocycles. The van der Waals surface area contributed by atoms with Crippen LogP contribution in [0.25, 0.3) is 0 Å². The first-order valence-corrected chi connectivity index (χ1v) is 6.07. The highest BCUT2D eigenvalue weighted by Gasteiger charge is 2.15. The number of aromatic amines is 2. The largest absolute Gasteiger partial charge is 0.339 e. The molecule has 0 saturated heterocycles. The van der Waals surface area contributed by atoms with E-state index in [2.05, 4.69) is 19.9 Å². The monoisotopic (exact) mass is 274 g/mol. The van der Waals surface area contributed by atoms with Gasteiger partial charge in [-0.2, -0.15) is 0 Å². The van der Waals surface area contributed by atoms with E-state index >= 15 is 0 Å². The molecule has 20 heavy (non-hydrogen) atoms. The van der Waals surface area contributed by atoms with Crippen LogP contribution in [-0.2, 0) is 22.4 Å². The minimum absolute atomic E-state index is 0.0383. The zero-order valence-electron chi connectivity index (χ0n) is 11.2. The topological polar surface area (TPSA) is 109 Å². The molecule has 0 unspecified atom stereocenters. The standard InChI is InChI=1S/C13H14N4O3/c1-7(18)3-11-14-5-9(16-11)13(20)10-6-15-12(17-10)4-8(2)19/h5-6H,3-4H2,1-2H3,(H,14,16)(H,15,17). The Bertz CT molecular complexity index is 612. The molecule has 0 spiro atoms. The predicted molar refractivity (Wildman–Crippen MR) is 69.4 cm³/mol. The SMILES string of the molecule is CC(=O)Cc1ncc(C(=O)c2cnc(CC(C)=O)[nH]2)[nH]1. The average Bonchev–Trinajstić information content (AvgIpc) is 2.96. The lowest BCUT2D eigenvalue weighted by Gasteiger charge is -1.94. The molecule has 2 heterocycles. The molecule has 0 bridgehead atoms. The van der Waals surface area contributed by atoms with Gasteiger partial charge in [-0.15, -0.1) is 0 Å². The zero-order chi connectivity index (χ0) is 14.7. The van der Waals surface area contributed by atoms with Crippen molar-refractivity contribution in [3.8, 4) is 0 Å². The summed E-state index contributed by atoms with van der Waals surface area (Å²) in [5, 5.41) is 0. The quantitative estimate of drug-likeness (QED) is 0.751. The molecule has 0 fully saturated rings.